The molecule has 1 aliphatic heterocycles. The maximum absolute atomic E-state index is 11.7. The fourth-order valence-corrected chi connectivity index (χ4v) is 3.35. The molecule has 0 spiro atoms. The highest BCUT2D eigenvalue weighted by Crippen LogP contribution is 2.11. The molecule has 4 nitrogen and oxygen atoms in total. The molecule has 0 aliphatic carbocycles. The summed E-state index contributed by atoms with van der Waals surface area (Å²) in [5.74, 6) is 1.87. The maximum Gasteiger partial charge on any atom is 0.238 e. The number of amides is 1. The van der Waals surface area contributed by atoms with Gasteiger partial charge in [0, 0.05) is 30.0 Å². The number of carbonyl (C=O) groups is 1. The summed E-state index contributed by atoms with van der Waals surface area (Å²) in [6, 6.07) is -0.0124. The molecule has 8 heteroatoms. The number of hydrogen-bond donors (Lipinski definition) is 2. The van der Waals surface area contributed by atoms with Crippen molar-refractivity contribution in [1.82, 2.24) is 15.6 Å². The molecule has 0 aromatic carbocycles. The molecule has 1 aliphatic rings. The van der Waals surface area contributed by atoms with Crippen LogP contribution in [0.4, 0.5) is 0 Å². The maximum atomic E-state index is 11.7. The van der Waals surface area contributed by atoms with Gasteiger partial charge in [-0.05, 0) is 6.42 Å². The van der Waals surface area contributed by atoms with Gasteiger partial charge in [0.2, 0.25) is 5.91 Å². The SMILES string of the molecule is CCc1nc(CCNC(=O)C2CSCN2)cs1.Cl.Cl. The molecule has 1 saturated heterocycles. The van der Waals surface area contributed by atoms with E-state index in [1.807, 2.05) is 0 Å². The van der Waals surface area contributed by atoms with Gasteiger partial charge < -0.3 is 5.32 Å². The zero-order valence-corrected chi connectivity index (χ0v) is 13.9. The van der Waals surface area contributed by atoms with Crippen molar-refractivity contribution < 1.29 is 4.79 Å². The third-order valence-corrected chi connectivity index (χ3v) is 4.60. The van der Waals surface area contributed by atoms with E-state index in [0.29, 0.717) is 6.54 Å². The molecule has 0 radical (unpaired) electrons. The van der Waals surface area contributed by atoms with Gasteiger partial charge >= 0.3 is 0 Å². The highest BCUT2D eigenvalue weighted by atomic mass is 35.5. The van der Waals surface area contributed by atoms with Gasteiger partial charge in [-0.3, -0.25) is 10.1 Å². The van der Waals surface area contributed by atoms with E-state index in [1.54, 1.807) is 23.1 Å². The van der Waals surface area contributed by atoms with Gasteiger partial charge in [-0.25, -0.2) is 4.98 Å². The van der Waals surface area contributed by atoms with E-state index in [0.717, 1.165) is 30.2 Å². The van der Waals surface area contributed by atoms with E-state index in [4.69, 9.17) is 0 Å². The van der Waals surface area contributed by atoms with E-state index in [2.05, 4.69) is 27.9 Å². The quantitative estimate of drug-likeness (QED) is 0.856. The molecular formula is C11H19Cl2N3OS2. The molecule has 110 valence electrons. The van der Waals surface area contributed by atoms with Gasteiger partial charge in [-0.2, -0.15) is 0 Å². The minimum atomic E-state index is -0.0124. The standard InChI is InChI=1S/C11H17N3OS2.2ClH/c1-2-10-14-8(5-17-10)3-4-12-11(15)9-6-16-7-13-9;;/h5,9,13H,2-4,6-7H2,1H3,(H,12,15);2*1H. The summed E-state index contributed by atoms with van der Waals surface area (Å²) in [6.07, 6.45) is 1.81. The number of carbonyl (C=O) groups excluding carboxylic acids is 1. The van der Waals surface area contributed by atoms with Crippen molar-refractivity contribution in [3.8, 4) is 0 Å². The molecule has 2 heterocycles. The Labute approximate surface area is 134 Å². The van der Waals surface area contributed by atoms with Crippen LogP contribution in [0.25, 0.3) is 0 Å². The fourth-order valence-electron chi connectivity index (χ4n) is 1.63. The van der Waals surface area contributed by atoms with Crippen LogP contribution in [0.15, 0.2) is 5.38 Å². The van der Waals surface area contributed by atoms with Gasteiger partial charge in [0.05, 0.1) is 16.7 Å². The van der Waals surface area contributed by atoms with Crippen LogP contribution in [0.1, 0.15) is 17.6 Å². The van der Waals surface area contributed by atoms with Crippen LogP contribution in [0.2, 0.25) is 0 Å². The Balaban J connectivity index is 0.00000162. The lowest BCUT2D eigenvalue weighted by molar-refractivity contribution is -0.122. The Morgan fingerprint density at radius 1 is 1.58 bits per heavy atom. The second-order valence-electron chi connectivity index (χ2n) is 3.90. The minimum Gasteiger partial charge on any atom is -0.354 e. The highest BCUT2D eigenvalue weighted by Gasteiger charge is 2.21. The Kier molecular flexibility index (Phi) is 9.82. The third kappa shape index (κ3) is 5.87. The molecule has 1 aromatic rings. The molecule has 2 rings (SSSR count). The lowest BCUT2D eigenvalue weighted by Gasteiger charge is -2.09. The van der Waals surface area contributed by atoms with E-state index in [9.17, 15) is 4.79 Å². The summed E-state index contributed by atoms with van der Waals surface area (Å²) in [7, 11) is 0. The number of thiazole rings is 1. The topological polar surface area (TPSA) is 54.0 Å². The van der Waals surface area contributed by atoms with Gasteiger partial charge in [0.15, 0.2) is 0 Å². The zero-order chi connectivity index (χ0) is 12.1. The van der Waals surface area contributed by atoms with E-state index >= 15 is 0 Å². The molecule has 0 saturated carbocycles. The van der Waals surface area contributed by atoms with E-state index in [-0.39, 0.29) is 36.8 Å². The average Bonchev–Trinajstić information content (AvgIpc) is 3.00. The summed E-state index contributed by atoms with van der Waals surface area (Å²) < 4.78 is 0. The van der Waals surface area contributed by atoms with Crippen molar-refractivity contribution in [3.63, 3.8) is 0 Å². The van der Waals surface area contributed by atoms with Crippen LogP contribution in [-0.2, 0) is 17.6 Å². The van der Waals surface area contributed by atoms with Crippen LogP contribution >= 0.6 is 47.9 Å². The van der Waals surface area contributed by atoms with Crippen molar-refractivity contribution in [2.75, 3.05) is 18.2 Å². The first-order valence-corrected chi connectivity index (χ1v) is 7.85. The molecular weight excluding hydrogens is 325 g/mol. The van der Waals surface area contributed by atoms with Crippen LogP contribution < -0.4 is 10.6 Å². The van der Waals surface area contributed by atoms with Crippen molar-refractivity contribution in [2.24, 2.45) is 0 Å². The molecule has 19 heavy (non-hydrogen) atoms. The van der Waals surface area contributed by atoms with Crippen LogP contribution in [-0.4, -0.2) is 35.1 Å². The Morgan fingerprint density at radius 3 is 2.95 bits per heavy atom. The monoisotopic (exact) mass is 343 g/mol. The zero-order valence-electron chi connectivity index (χ0n) is 10.7. The second kappa shape index (κ2) is 9.83. The molecule has 1 atom stereocenters. The number of nitrogens with one attached hydrogen (secondary N) is 2. The summed E-state index contributed by atoms with van der Waals surface area (Å²) in [6.45, 7) is 2.78. The molecule has 1 unspecified atom stereocenters. The summed E-state index contributed by atoms with van der Waals surface area (Å²) in [5.41, 5.74) is 1.08. The number of rotatable bonds is 5. The van der Waals surface area contributed by atoms with Crippen molar-refractivity contribution >= 4 is 53.8 Å². The number of thioether (sulfide) groups is 1. The molecule has 1 fully saturated rings. The van der Waals surface area contributed by atoms with Crippen LogP contribution in [0.3, 0.4) is 0 Å². The number of hydrogen-bond acceptors (Lipinski definition) is 5. The highest BCUT2D eigenvalue weighted by molar-refractivity contribution is 7.99. The summed E-state index contributed by atoms with van der Waals surface area (Å²) in [4.78, 5) is 16.2. The van der Waals surface area contributed by atoms with Gasteiger partial charge in [0.1, 0.15) is 0 Å². The number of aryl methyl sites for hydroxylation is 1. The van der Waals surface area contributed by atoms with Crippen molar-refractivity contribution in [1.29, 1.82) is 0 Å². The van der Waals surface area contributed by atoms with Gasteiger partial charge in [-0.15, -0.1) is 47.9 Å². The lowest BCUT2D eigenvalue weighted by atomic mass is 10.3. The van der Waals surface area contributed by atoms with Gasteiger partial charge in [0.25, 0.3) is 0 Å². The normalized spacial score (nSPS) is 17.4. The van der Waals surface area contributed by atoms with Crippen molar-refractivity contribution in [3.05, 3.63) is 16.1 Å². The van der Waals surface area contributed by atoms with Crippen LogP contribution in [0.5, 0.6) is 0 Å². The Hall–Kier alpha value is -0.0100. The molecule has 1 amide bonds. The third-order valence-electron chi connectivity index (χ3n) is 2.61. The summed E-state index contributed by atoms with van der Waals surface area (Å²) in [5, 5.41) is 9.35. The first-order valence-electron chi connectivity index (χ1n) is 5.81. The van der Waals surface area contributed by atoms with Crippen molar-refractivity contribution in [2.45, 2.75) is 25.8 Å². The first kappa shape index (κ1) is 19.0. The molecule has 0 bridgehead atoms. The number of nitrogens with zero attached hydrogens (tertiary/aromatic N) is 1. The van der Waals surface area contributed by atoms with E-state index in [1.165, 1.54) is 5.01 Å². The van der Waals surface area contributed by atoms with E-state index < -0.39 is 0 Å². The number of aromatic nitrogens is 1. The number of halogens is 2. The van der Waals surface area contributed by atoms with Gasteiger partial charge in [-0.1, -0.05) is 6.92 Å². The predicted molar refractivity (Wildman–Crippen MR) is 87.0 cm³/mol. The molecule has 1 aromatic heterocycles. The Bertz CT molecular complexity index is 384. The lowest BCUT2D eigenvalue weighted by Crippen LogP contribution is -2.42. The minimum absolute atomic E-state index is 0. The largest absolute Gasteiger partial charge is 0.354 e. The smallest absolute Gasteiger partial charge is 0.238 e. The Morgan fingerprint density at radius 2 is 2.37 bits per heavy atom. The second-order valence-corrected chi connectivity index (χ2v) is 5.87. The molecule has 2 N–H and O–H groups in total. The first-order chi connectivity index (χ1) is 8.29. The predicted octanol–water partition coefficient (Wildman–Crippen LogP) is 1.87. The van der Waals surface area contributed by atoms with Crippen LogP contribution in [0, 0.1) is 0 Å². The summed E-state index contributed by atoms with van der Waals surface area (Å²) >= 11 is 3.46. The fraction of sp³-hybridized carbons (Fsp3) is 0.636. The average molecular weight is 344 g/mol.